The van der Waals surface area contributed by atoms with Crippen molar-refractivity contribution in [1.29, 1.82) is 0 Å². The fraction of sp³-hybridized carbons (Fsp3) is 0.381. The molecule has 1 fully saturated rings. The lowest BCUT2D eigenvalue weighted by atomic mass is 10.1. The van der Waals surface area contributed by atoms with Crippen LogP contribution in [0, 0.1) is 10.1 Å². The number of hydrogen-bond donors (Lipinski definition) is 2. The summed E-state index contributed by atoms with van der Waals surface area (Å²) in [5, 5.41) is 17.3. The van der Waals surface area contributed by atoms with Crippen LogP contribution in [0.2, 0.25) is 0 Å². The number of guanidine groups is 1. The SMILES string of the molecule is CN=C(NCCNc1ccc([N+](=O)[O-])cc1)N1CCC(Oc2ccccc2)CC1.I. The van der Waals surface area contributed by atoms with Gasteiger partial charge in [0.05, 0.1) is 4.92 Å². The van der Waals surface area contributed by atoms with E-state index in [1.807, 2.05) is 30.3 Å². The van der Waals surface area contributed by atoms with Crippen LogP contribution in [0.1, 0.15) is 12.8 Å². The molecule has 0 aliphatic carbocycles. The van der Waals surface area contributed by atoms with Gasteiger partial charge in [-0.3, -0.25) is 15.1 Å². The van der Waals surface area contributed by atoms with Crippen LogP contribution in [0.15, 0.2) is 59.6 Å². The number of hydrogen-bond acceptors (Lipinski definition) is 5. The van der Waals surface area contributed by atoms with Crippen LogP contribution < -0.4 is 15.4 Å². The van der Waals surface area contributed by atoms with Crippen molar-refractivity contribution in [2.75, 3.05) is 38.5 Å². The highest BCUT2D eigenvalue weighted by Gasteiger charge is 2.22. The third-order valence-electron chi connectivity index (χ3n) is 4.81. The largest absolute Gasteiger partial charge is 0.490 e. The van der Waals surface area contributed by atoms with Gasteiger partial charge in [-0.1, -0.05) is 18.2 Å². The van der Waals surface area contributed by atoms with Gasteiger partial charge < -0.3 is 20.3 Å². The van der Waals surface area contributed by atoms with E-state index in [0.29, 0.717) is 13.1 Å². The molecule has 1 aliphatic rings. The molecule has 2 aromatic rings. The Morgan fingerprint density at radius 1 is 1.13 bits per heavy atom. The second-order valence-electron chi connectivity index (χ2n) is 6.82. The molecule has 1 heterocycles. The zero-order chi connectivity index (χ0) is 20.5. The summed E-state index contributed by atoms with van der Waals surface area (Å²) in [6, 6.07) is 16.4. The van der Waals surface area contributed by atoms with Crippen LogP contribution in [-0.4, -0.2) is 55.1 Å². The average Bonchev–Trinajstić information content (AvgIpc) is 2.76. The van der Waals surface area contributed by atoms with Gasteiger partial charge in [0, 0.05) is 63.9 Å². The molecule has 2 aromatic carbocycles. The Balaban J connectivity index is 0.00000320. The third-order valence-corrected chi connectivity index (χ3v) is 4.81. The second kappa shape index (κ2) is 12.2. The number of rotatable bonds is 7. The second-order valence-corrected chi connectivity index (χ2v) is 6.82. The Morgan fingerprint density at radius 3 is 2.40 bits per heavy atom. The van der Waals surface area contributed by atoms with Gasteiger partial charge in [0.25, 0.3) is 5.69 Å². The minimum atomic E-state index is -0.399. The number of nitrogens with one attached hydrogen (secondary N) is 2. The summed E-state index contributed by atoms with van der Waals surface area (Å²) < 4.78 is 6.05. The van der Waals surface area contributed by atoms with E-state index in [0.717, 1.165) is 43.3 Å². The van der Waals surface area contributed by atoms with Crippen molar-refractivity contribution in [3.05, 3.63) is 64.7 Å². The Bertz CT molecular complexity index is 809. The fourth-order valence-electron chi connectivity index (χ4n) is 3.29. The maximum absolute atomic E-state index is 10.7. The molecule has 2 N–H and O–H groups in total. The number of nitro groups is 1. The normalized spacial score (nSPS) is 14.6. The lowest BCUT2D eigenvalue weighted by molar-refractivity contribution is -0.384. The van der Waals surface area contributed by atoms with Gasteiger partial charge in [-0.25, -0.2) is 0 Å². The van der Waals surface area contributed by atoms with Gasteiger partial charge in [-0.05, 0) is 24.3 Å². The molecule has 162 valence electrons. The minimum Gasteiger partial charge on any atom is -0.490 e. The van der Waals surface area contributed by atoms with Crippen molar-refractivity contribution < 1.29 is 9.66 Å². The Labute approximate surface area is 193 Å². The van der Waals surface area contributed by atoms with E-state index in [2.05, 4.69) is 20.5 Å². The fourth-order valence-corrected chi connectivity index (χ4v) is 3.29. The number of halogens is 1. The van der Waals surface area contributed by atoms with Gasteiger partial charge in [0.2, 0.25) is 0 Å². The standard InChI is InChI=1S/C21H27N5O3.HI/c1-22-21(24-14-13-23-17-7-9-18(10-8-17)26(27)28)25-15-11-20(12-16-25)29-19-5-3-2-4-6-19;/h2-10,20,23H,11-16H2,1H3,(H,22,24);1H. The van der Waals surface area contributed by atoms with Gasteiger partial charge >= 0.3 is 0 Å². The van der Waals surface area contributed by atoms with Crippen LogP contribution >= 0.6 is 24.0 Å². The van der Waals surface area contributed by atoms with Gasteiger partial charge in [0.15, 0.2) is 5.96 Å². The molecule has 3 rings (SSSR count). The number of nitrogens with zero attached hydrogens (tertiary/aromatic N) is 3. The number of para-hydroxylation sites is 1. The first kappa shape index (κ1) is 23.7. The molecule has 9 heteroatoms. The van der Waals surface area contributed by atoms with Crippen LogP contribution in [0.4, 0.5) is 11.4 Å². The number of piperidine rings is 1. The van der Waals surface area contributed by atoms with E-state index < -0.39 is 4.92 Å². The molecule has 30 heavy (non-hydrogen) atoms. The first-order valence-electron chi connectivity index (χ1n) is 9.81. The molecular weight excluding hydrogens is 497 g/mol. The smallest absolute Gasteiger partial charge is 0.269 e. The summed E-state index contributed by atoms with van der Waals surface area (Å²) in [5.41, 5.74) is 0.944. The molecule has 0 spiro atoms. The molecule has 0 unspecified atom stereocenters. The van der Waals surface area contributed by atoms with E-state index in [4.69, 9.17) is 4.74 Å². The zero-order valence-corrected chi connectivity index (χ0v) is 19.3. The summed E-state index contributed by atoms with van der Waals surface area (Å²) in [6.07, 6.45) is 2.14. The quantitative estimate of drug-likeness (QED) is 0.143. The van der Waals surface area contributed by atoms with Crippen molar-refractivity contribution in [2.24, 2.45) is 4.99 Å². The third kappa shape index (κ3) is 7.05. The molecule has 0 amide bonds. The Hall–Kier alpha value is -2.56. The summed E-state index contributed by atoms with van der Waals surface area (Å²) in [6.45, 7) is 3.18. The lowest BCUT2D eigenvalue weighted by Gasteiger charge is -2.34. The summed E-state index contributed by atoms with van der Waals surface area (Å²) in [7, 11) is 1.79. The summed E-state index contributed by atoms with van der Waals surface area (Å²) in [5.74, 6) is 1.81. The summed E-state index contributed by atoms with van der Waals surface area (Å²) in [4.78, 5) is 16.9. The van der Waals surface area contributed by atoms with Crippen molar-refractivity contribution in [1.82, 2.24) is 10.2 Å². The van der Waals surface area contributed by atoms with Crippen LogP contribution in [-0.2, 0) is 0 Å². The molecule has 0 saturated carbocycles. The minimum absolute atomic E-state index is 0. The predicted octanol–water partition coefficient (Wildman–Crippen LogP) is 3.74. The number of nitro benzene ring substituents is 1. The molecular formula is C21H28IN5O3. The monoisotopic (exact) mass is 525 g/mol. The zero-order valence-electron chi connectivity index (χ0n) is 17.0. The highest BCUT2D eigenvalue weighted by Crippen LogP contribution is 2.19. The van der Waals surface area contributed by atoms with E-state index >= 15 is 0 Å². The highest BCUT2D eigenvalue weighted by atomic mass is 127. The van der Waals surface area contributed by atoms with E-state index in [1.165, 1.54) is 12.1 Å². The van der Waals surface area contributed by atoms with E-state index in [9.17, 15) is 10.1 Å². The van der Waals surface area contributed by atoms with E-state index in [-0.39, 0.29) is 35.8 Å². The van der Waals surface area contributed by atoms with Crippen LogP contribution in [0.3, 0.4) is 0 Å². The summed E-state index contributed by atoms with van der Waals surface area (Å²) >= 11 is 0. The van der Waals surface area contributed by atoms with Gasteiger partial charge in [-0.2, -0.15) is 0 Å². The maximum atomic E-state index is 10.7. The number of aliphatic imine (C=N–C) groups is 1. The number of ether oxygens (including phenoxy) is 1. The number of benzene rings is 2. The number of likely N-dealkylation sites (tertiary alicyclic amines) is 1. The molecule has 0 atom stereocenters. The lowest BCUT2D eigenvalue weighted by Crippen LogP contribution is -2.48. The van der Waals surface area contributed by atoms with Gasteiger partial charge in [-0.15, -0.1) is 24.0 Å². The van der Waals surface area contributed by atoms with E-state index in [1.54, 1.807) is 19.2 Å². The molecule has 0 radical (unpaired) electrons. The van der Waals surface area contributed by atoms with Gasteiger partial charge in [0.1, 0.15) is 11.9 Å². The van der Waals surface area contributed by atoms with Crippen LogP contribution in [0.25, 0.3) is 0 Å². The van der Waals surface area contributed by atoms with Crippen molar-refractivity contribution in [3.8, 4) is 5.75 Å². The first-order valence-corrected chi connectivity index (χ1v) is 9.81. The molecule has 8 nitrogen and oxygen atoms in total. The van der Waals surface area contributed by atoms with Crippen LogP contribution in [0.5, 0.6) is 5.75 Å². The maximum Gasteiger partial charge on any atom is 0.269 e. The first-order chi connectivity index (χ1) is 14.2. The topological polar surface area (TPSA) is 92.0 Å². The Morgan fingerprint density at radius 2 is 1.80 bits per heavy atom. The molecule has 0 bridgehead atoms. The highest BCUT2D eigenvalue weighted by molar-refractivity contribution is 14.0. The van der Waals surface area contributed by atoms with Crippen molar-refractivity contribution in [3.63, 3.8) is 0 Å². The Kier molecular flexibility index (Phi) is 9.65. The van der Waals surface area contributed by atoms with Crippen molar-refractivity contribution >= 4 is 41.3 Å². The molecule has 0 aromatic heterocycles. The molecule has 1 aliphatic heterocycles. The average molecular weight is 525 g/mol. The molecule has 1 saturated heterocycles. The predicted molar refractivity (Wildman–Crippen MR) is 130 cm³/mol. The van der Waals surface area contributed by atoms with Crippen molar-refractivity contribution in [2.45, 2.75) is 18.9 Å². The number of anilines is 1. The number of non-ortho nitro benzene ring substituents is 1.